The van der Waals surface area contributed by atoms with Crippen LogP contribution in [0.15, 0.2) is 36.5 Å². The molecule has 1 amide bonds. The smallest absolute Gasteiger partial charge is 0.434 e. The number of nitrogens with zero attached hydrogens (tertiary/aromatic N) is 3. The molecular formula is C19H18F3N5O3. The quantitative estimate of drug-likeness (QED) is 0.561. The molecule has 0 atom stereocenters. The number of aromatic nitrogens is 4. The zero-order valence-electron chi connectivity index (χ0n) is 16.0. The van der Waals surface area contributed by atoms with E-state index in [2.05, 4.69) is 20.6 Å². The van der Waals surface area contributed by atoms with Crippen molar-refractivity contribution in [2.45, 2.75) is 26.4 Å². The molecule has 0 bridgehead atoms. The number of carboxylic acids is 1. The summed E-state index contributed by atoms with van der Waals surface area (Å²) in [4.78, 5) is 23.5. The van der Waals surface area contributed by atoms with Crippen molar-refractivity contribution in [2.24, 2.45) is 5.92 Å². The lowest BCUT2D eigenvalue weighted by molar-refractivity contribution is -0.143. The summed E-state index contributed by atoms with van der Waals surface area (Å²) >= 11 is 0. The first-order valence-corrected chi connectivity index (χ1v) is 8.91. The van der Waals surface area contributed by atoms with Crippen LogP contribution in [-0.4, -0.2) is 37.0 Å². The molecule has 0 unspecified atom stereocenters. The number of alkyl halides is 3. The third-order valence-electron chi connectivity index (χ3n) is 4.11. The monoisotopic (exact) mass is 421 g/mol. The van der Waals surface area contributed by atoms with E-state index in [1.54, 1.807) is 6.07 Å². The summed E-state index contributed by atoms with van der Waals surface area (Å²) in [5.74, 6) is -1.92. The molecule has 0 aliphatic rings. The minimum absolute atomic E-state index is 0.0600. The number of aromatic carboxylic acids is 1. The predicted molar refractivity (Wildman–Crippen MR) is 101 cm³/mol. The second kappa shape index (κ2) is 8.01. The van der Waals surface area contributed by atoms with Crippen LogP contribution in [0.1, 0.15) is 46.1 Å². The first kappa shape index (κ1) is 21.1. The van der Waals surface area contributed by atoms with E-state index in [4.69, 9.17) is 5.11 Å². The fourth-order valence-corrected chi connectivity index (χ4v) is 2.91. The van der Waals surface area contributed by atoms with Gasteiger partial charge in [-0.15, -0.1) is 0 Å². The van der Waals surface area contributed by atoms with Crippen LogP contribution in [0, 0.1) is 5.92 Å². The van der Waals surface area contributed by atoms with Crippen molar-refractivity contribution >= 4 is 17.6 Å². The number of carboxylic acid groups (broad SMARTS) is 1. The number of nitrogens with one attached hydrogen (secondary N) is 2. The van der Waals surface area contributed by atoms with Gasteiger partial charge < -0.3 is 10.4 Å². The van der Waals surface area contributed by atoms with Crippen LogP contribution in [-0.2, 0) is 12.6 Å². The highest BCUT2D eigenvalue weighted by Crippen LogP contribution is 2.34. The molecule has 0 aliphatic carbocycles. The standard InChI is InChI=1S/C19H18F3N5O3/c1-10(2)6-12-8-15(26-25-12)17(28)24-11-4-3-5-13(7-11)27-16(19(20,21)22)14(9-23-27)18(29)30/h3-5,7-10H,6H2,1-2H3,(H,24,28)(H,25,26)(H,29,30). The van der Waals surface area contributed by atoms with Crippen molar-refractivity contribution in [3.05, 3.63) is 59.2 Å². The van der Waals surface area contributed by atoms with Gasteiger partial charge in [0.15, 0.2) is 11.4 Å². The van der Waals surface area contributed by atoms with Gasteiger partial charge in [0, 0.05) is 11.4 Å². The number of hydrogen-bond donors (Lipinski definition) is 3. The number of H-pyrrole nitrogens is 1. The van der Waals surface area contributed by atoms with Crippen LogP contribution in [0.25, 0.3) is 5.69 Å². The van der Waals surface area contributed by atoms with Crippen molar-refractivity contribution in [1.82, 2.24) is 20.0 Å². The molecule has 2 heterocycles. The lowest BCUT2D eigenvalue weighted by atomic mass is 10.1. The van der Waals surface area contributed by atoms with Gasteiger partial charge in [0.25, 0.3) is 5.91 Å². The number of anilines is 1. The van der Waals surface area contributed by atoms with Crippen LogP contribution >= 0.6 is 0 Å². The summed E-state index contributed by atoms with van der Waals surface area (Å²) in [6.07, 6.45) is -3.59. The highest BCUT2D eigenvalue weighted by molar-refractivity contribution is 6.03. The lowest BCUT2D eigenvalue weighted by Crippen LogP contribution is -2.17. The summed E-state index contributed by atoms with van der Waals surface area (Å²) in [6, 6.07) is 7.08. The Morgan fingerprint density at radius 1 is 1.27 bits per heavy atom. The Hall–Kier alpha value is -3.63. The van der Waals surface area contributed by atoms with Crippen LogP contribution in [0.3, 0.4) is 0 Å². The maximum absolute atomic E-state index is 13.4. The molecular weight excluding hydrogens is 403 g/mol. The fourth-order valence-electron chi connectivity index (χ4n) is 2.91. The van der Waals surface area contributed by atoms with E-state index < -0.39 is 29.3 Å². The Morgan fingerprint density at radius 2 is 2.00 bits per heavy atom. The van der Waals surface area contributed by atoms with Crippen molar-refractivity contribution in [1.29, 1.82) is 0 Å². The van der Waals surface area contributed by atoms with Gasteiger partial charge in [-0.2, -0.15) is 23.4 Å². The average Bonchev–Trinajstić information content (AvgIpc) is 3.28. The Balaban J connectivity index is 1.88. The van der Waals surface area contributed by atoms with Crippen molar-refractivity contribution in [3.63, 3.8) is 0 Å². The zero-order chi connectivity index (χ0) is 22.1. The number of amides is 1. The van der Waals surface area contributed by atoms with Gasteiger partial charge in [0.2, 0.25) is 0 Å². The van der Waals surface area contributed by atoms with Gasteiger partial charge in [-0.3, -0.25) is 9.89 Å². The van der Waals surface area contributed by atoms with Crippen LogP contribution in [0.5, 0.6) is 0 Å². The zero-order valence-corrected chi connectivity index (χ0v) is 16.0. The van der Waals surface area contributed by atoms with Crippen LogP contribution in [0.2, 0.25) is 0 Å². The number of hydrogen-bond acceptors (Lipinski definition) is 4. The maximum Gasteiger partial charge on any atom is 0.434 e. The maximum atomic E-state index is 13.4. The van der Waals surface area contributed by atoms with Gasteiger partial charge in [0.05, 0.1) is 11.9 Å². The molecule has 30 heavy (non-hydrogen) atoms. The number of rotatable bonds is 6. The van der Waals surface area contributed by atoms with Gasteiger partial charge in [-0.05, 0) is 36.6 Å². The molecule has 1 aromatic carbocycles. The van der Waals surface area contributed by atoms with Crippen LogP contribution in [0.4, 0.5) is 18.9 Å². The minimum atomic E-state index is -4.94. The van der Waals surface area contributed by atoms with Gasteiger partial charge >= 0.3 is 12.1 Å². The number of halogens is 3. The Kier molecular flexibility index (Phi) is 5.63. The first-order valence-electron chi connectivity index (χ1n) is 8.91. The van der Waals surface area contributed by atoms with E-state index in [1.165, 1.54) is 24.3 Å². The Morgan fingerprint density at radius 3 is 2.63 bits per heavy atom. The summed E-state index contributed by atoms with van der Waals surface area (Å²) in [5, 5.41) is 21.9. The number of carbonyl (C=O) groups excluding carboxylic acids is 1. The first-order chi connectivity index (χ1) is 14.1. The summed E-state index contributed by atoms with van der Waals surface area (Å²) in [7, 11) is 0. The molecule has 0 radical (unpaired) electrons. The van der Waals surface area contributed by atoms with Gasteiger partial charge in [-0.1, -0.05) is 19.9 Å². The molecule has 158 valence electrons. The molecule has 0 spiro atoms. The number of aromatic amines is 1. The molecule has 3 N–H and O–H groups in total. The van der Waals surface area contributed by atoms with Crippen LogP contribution < -0.4 is 5.32 Å². The number of carbonyl (C=O) groups is 2. The van der Waals surface area contributed by atoms with E-state index in [0.717, 1.165) is 5.69 Å². The molecule has 0 saturated carbocycles. The largest absolute Gasteiger partial charge is 0.478 e. The Labute approximate surface area is 168 Å². The minimum Gasteiger partial charge on any atom is -0.478 e. The van der Waals surface area contributed by atoms with E-state index in [-0.39, 0.29) is 17.1 Å². The summed E-state index contributed by atoms with van der Waals surface area (Å²) < 4.78 is 40.7. The average molecular weight is 421 g/mol. The van der Waals surface area contributed by atoms with E-state index in [0.29, 0.717) is 23.2 Å². The predicted octanol–water partition coefficient (Wildman–Crippen LogP) is 3.76. The van der Waals surface area contributed by atoms with Crippen molar-refractivity contribution in [2.75, 3.05) is 5.32 Å². The lowest BCUT2D eigenvalue weighted by Gasteiger charge is -2.12. The number of benzene rings is 1. The summed E-state index contributed by atoms with van der Waals surface area (Å²) in [6.45, 7) is 4.04. The molecule has 3 aromatic rings. The third-order valence-corrected chi connectivity index (χ3v) is 4.11. The van der Waals surface area contributed by atoms with E-state index in [1.807, 2.05) is 13.8 Å². The SMILES string of the molecule is CC(C)Cc1cc(C(=O)Nc2cccc(-n3ncc(C(=O)O)c3C(F)(F)F)c2)n[nH]1. The second-order valence-electron chi connectivity index (χ2n) is 7.00. The van der Waals surface area contributed by atoms with E-state index >= 15 is 0 Å². The van der Waals surface area contributed by atoms with Crippen molar-refractivity contribution < 1.29 is 27.9 Å². The normalized spacial score (nSPS) is 11.7. The molecule has 8 nitrogen and oxygen atoms in total. The molecule has 3 rings (SSSR count). The molecule has 0 saturated heterocycles. The highest BCUT2D eigenvalue weighted by atomic mass is 19.4. The fraction of sp³-hybridized carbons (Fsp3) is 0.263. The van der Waals surface area contributed by atoms with E-state index in [9.17, 15) is 22.8 Å². The highest BCUT2D eigenvalue weighted by Gasteiger charge is 2.40. The van der Waals surface area contributed by atoms with Crippen molar-refractivity contribution in [3.8, 4) is 5.69 Å². The topological polar surface area (TPSA) is 113 Å². The second-order valence-corrected chi connectivity index (χ2v) is 7.00. The molecule has 2 aromatic heterocycles. The molecule has 0 aliphatic heterocycles. The van der Waals surface area contributed by atoms with Gasteiger partial charge in [0.1, 0.15) is 5.56 Å². The van der Waals surface area contributed by atoms with Gasteiger partial charge in [-0.25, -0.2) is 9.48 Å². The summed E-state index contributed by atoms with van der Waals surface area (Å²) in [5.41, 5.74) is -1.31. The molecule has 0 fully saturated rings. The third kappa shape index (κ3) is 4.50. The molecule has 11 heteroatoms. The Bertz CT molecular complexity index is 1090.